The van der Waals surface area contributed by atoms with E-state index < -0.39 is 4.92 Å². The Balaban J connectivity index is 1.92. The van der Waals surface area contributed by atoms with Crippen molar-refractivity contribution in [3.8, 4) is 6.07 Å². The minimum Gasteiger partial charge on any atom is -0.366 e. The molecule has 7 heteroatoms. The number of fused-ring (bicyclic) bond motifs is 1. The van der Waals surface area contributed by atoms with Crippen molar-refractivity contribution in [2.24, 2.45) is 0 Å². The topological polar surface area (TPSA) is 91.8 Å². The highest BCUT2D eigenvalue weighted by atomic mass is 79.9. The molecule has 0 spiro atoms. The Morgan fingerprint density at radius 1 is 1.21 bits per heavy atom. The van der Waals surface area contributed by atoms with Crippen molar-refractivity contribution in [1.29, 1.82) is 5.26 Å². The number of nitrogens with zero attached hydrogens (tertiary/aromatic N) is 3. The SMILES string of the molecule is N#Cc1cc(NCc2ccc(Br)cc2)nc2ccc([N+](=O)[O-])cc12. The maximum Gasteiger partial charge on any atom is 0.270 e. The lowest BCUT2D eigenvalue weighted by atomic mass is 10.1. The van der Waals surface area contributed by atoms with Crippen LogP contribution in [0.25, 0.3) is 10.9 Å². The molecule has 6 nitrogen and oxygen atoms in total. The maximum atomic E-state index is 10.9. The molecule has 0 bridgehead atoms. The van der Waals surface area contributed by atoms with Gasteiger partial charge in [-0.3, -0.25) is 10.1 Å². The summed E-state index contributed by atoms with van der Waals surface area (Å²) in [7, 11) is 0. The van der Waals surface area contributed by atoms with Crippen molar-refractivity contribution in [1.82, 2.24) is 4.98 Å². The van der Waals surface area contributed by atoms with Gasteiger partial charge in [0.2, 0.25) is 0 Å². The van der Waals surface area contributed by atoms with Crippen molar-refractivity contribution >= 4 is 38.3 Å². The molecule has 1 heterocycles. The van der Waals surface area contributed by atoms with Gasteiger partial charge in [-0.15, -0.1) is 0 Å². The average Bonchev–Trinajstić information content (AvgIpc) is 2.60. The lowest BCUT2D eigenvalue weighted by Crippen LogP contribution is -2.02. The smallest absolute Gasteiger partial charge is 0.270 e. The van der Waals surface area contributed by atoms with Gasteiger partial charge in [-0.2, -0.15) is 5.26 Å². The number of pyridine rings is 1. The lowest BCUT2D eigenvalue weighted by molar-refractivity contribution is -0.384. The van der Waals surface area contributed by atoms with Crippen LogP contribution in [0.15, 0.2) is 53.0 Å². The number of nitro benzene ring substituents is 1. The molecular weight excluding hydrogens is 372 g/mol. The zero-order valence-corrected chi connectivity index (χ0v) is 13.9. The molecule has 0 saturated carbocycles. The highest BCUT2D eigenvalue weighted by Gasteiger charge is 2.11. The van der Waals surface area contributed by atoms with Crippen LogP contribution in [0.3, 0.4) is 0 Å². The second kappa shape index (κ2) is 6.64. The fraction of sp³-hybridized carbons (Fsp3) is 0.0588. The second-order valence-electron chi connectivity index (χ2n) is 5.11. The first-order chi connectivity index (χ1) is 11.6. The largest absolute Gasteiger partial charge is 0.366 e. The molecule has 0 saturated heterocycles. The van der Waals surface area contributed by atoms with Crippen LogP contribution in [0, 0.1) is 21.4 Å². The van der Waals surface area contributed by atoms with Gasteiger partial charge < -0.3 is 5.32 Å². The van der Waals surface area contributed by atoms with Crippen molar-refractivity contribution in [3.63, 3.8) is 0 Å². The number of rotatable bonds is 4. The van der Waals surface area contributed by atoms with E-state index in [0.29, 0.717) is 28.8 Å². The quantitative estimate of drug-likeness (QED) is 0.533. The van der Waals surface area contributed by atoms with Crippen LogP contribution < -0.4 is 5.32 Å². The van der Waals surface area contributed by atoms with Crippen LogP contribution in [-0.2, 0) is 6.54 Å². The molecule has 118 valence electrons. The first-order valence-corrected chi connectivity index (χ1v) is 7.84. The Labute approximate surface area is 146 Å². The maximum absolute atomic E-state index is 10.9. The van der Waals surface area contributed by atoms with Gasteiger partial charge in [0.1, 0.15) is 5.82 Å². The molecule has 0 unspecified atom stereocenters. The molecule has 24 heavy (non-hydrogen) atoms. The Kier molecular flexibility index (Phi) is 4.40. The van der Waals surface area contributed by atoms with Crippen LogP contribution in [0.4, 0.5) is 11.5 Å². The summed E-state index contributed by atoms with van der Waals surface area (Å²) < 4.78 is 1.00. The van der Waals surface area contributed by atoms with Crippen molar-refractivity contribution in [2.45, 2.75) is 6.54 Å². The molecule has 3 rings (SSSR count). The number of hydrogen-bond acceptors (Lipinski definition) is 5. The van der Waals surface area contributed by atoms with E-state index in [1.165, 1.54) is 12.1 Å². The van der Waals surface area contributed by atoms with Crippen LogP contribution in [0.2, 0.25) is 0 Å². The van der Waals surface area contributed by atoms with E-state index in [4.69, 9.17) is 0 Å². The normalized spacial score (nSPS) is 10.3. The van der Waals surface area contributed by atoms with Crippen molar-refractivity contribution in [3.05, 3.63) is 74.2 Å². The van der Waals surface area contributed by atoms with E-state index in [0.717, 1.165) is 10.0 Å². The third kappa shape index (κ3) is 3.34. The molecule has 1 aromatic heterocycles. The number of benzene rings is 2. The van der Waals surface area contributed by atoms with Gasteiger partial charge in [0.15, 0.2) is 0 Å². The molecule has 0 aliphatic carbocycles. The number of non-ortho nitro benzene ring substituents is 1. The Bertz CT molecular complexity index is 965. The zero-order chi connectivity index (χ0) is 17.1. The summed E-state index contributed by atoms with van der Waals surface area (Å²) in [6.45, 7) is 0.559. The van der Waals surface area contributed by atoms with E-state index in [9.17, 15) is 15.4 Å². The van der Waals surface area contributed by atoms with Crippen LogP contribution >= 0.6 is 15.9 Å². The van der Waals surface area contributed by atoms with E-state index in [1.54, 1.807) is 12.1 Å². The number of halogens is 1. The highest BCUT2D eigenvalue weighted by molar-refractivity contribution is 9.10. The van der Waals surface area contributed by atoms with Gasteiger partial charge in [-0.25, -0.2) is 4.98 Å². The summed E-state index contributed by atoms with van der Waals surface area (Å²) in [4.78, 5) is 14.8. The summed E-state index contributed by atoms with van der Waals surface area (Å²) >= 11 is 3.39. The number of nitro groups is 1. The molecular formula is C17H11BrN4O2. The van der Waals surface area contributed by atoms with Gasteiger partial charge in [-0.05, 0) is 29.8 Å². The van der Waals surface area contributed by atoms with Crippen LogP contribution in [-0.4, -0.2) is 9.91 Å². The number of nitrogens with one attached hydrogen (secondary N) is 1. The van der Waals surface area contributed by atoms with E-state index >= 15 is 0 Å². The Hall–Kier alpha value is -2.98. The number of hydrogen-bond donors (Lipinski definition) is 1. The van der Waals surface area contributed by atoms with Gasteiger partial charge >= 0.3 is 0 Å². The summed E-state index contributed by atoms with van der Waals surface area (Å²) in [5, 5.41) is 23.9. The zero-order valence-electron chi connectivity index (χ0n) is 12.4. The summed E-state index contributed by atoms with van der Waals surface area (Å²) in [6.07, 6.45) is 0. The van der Waals surface area contributed by atoms with Crippen LogP contribution in [0.5, 0.6) is 0 Å². The number of aromatic nitrogens is 1. The summed E-state index contributed by atoms with van der Waals surface area (Å²) in [5.74, 6) is 0.552. The minimum absolute atomic E-state index is 0.0589. The number of anilines is 1. The second-order valence-corrected chi connectivity index (χ2v) is 6.02. The van der Waals surface area contributed by atoms with Gasteiger partial charge in [0, 0.05) is 28.5 Å². The van der Waals surface area contributed by atoms with Gasteiger partial charge in [-0.1, -0.05) is 28.1 Å². The molecule has 0 radical (unpaired) electrons. The molecule has 0 amide bonds. The predicted octanol–water partition coefficient (Wildman–Crippen LogP) is 4.39. The number of nitriles is 1. The monoisotopic (exact) mass is 382 g/mol. The van der Waals surface area contributed by atoms with Gasteiger partial charge in [0.25, 0.3) is 5.69 Å². The highest BCUT2D eigenvalue weighted by Crippen LogP contribution is 2.25. The minimum atomic E-state index is -0.486. The molecule has 1 N–H and O–H groups in total. The molecule has 0 atom stereocenters. The van der Waals surface area contributed by atoms with E-state index in [-0.39, 0.29) is 5.69 Å². The Morgan fingerprint density at radius 2 is 1.96 bits per heavy atom. The van der Waals surface area contributed by atoms with Crippen molar-refractivity contribution < 1.29 is 4.92 Å². The van der Waals surface area contributed by atoms with Gasteiger partial charge in [0.05, 0.1) is 22.1 Å². The first kappa shape index (κ1) is 15.9. The van der Waals surface area contributed by atoms with Crippen LogP contribution in [0.1, 0.15) is 11.1 Å². The lowest BCUT2D eigenvalue weighted by Gasteiger charge is -2.08. The summed E-state index contributed by atoms with van der Waals surface area (Å²) in [6, 6.07) is 15.8. The molecule has 0 aliphatic heterocycles. The average molecular weight is 383 g/mol. The molecule has 0 aliphatic rings. The first-order valence-electron chi connectivity index (χ1n) is 7.04. The molecule has 3 aromatic rings. The third-order valence-electron chi connectivity index (χ3n) is 3.51. The Morgan fingerprint density at radius 3 is 2.62 bits per heavy atom. The third-order valence-corrected chi connectivity index (χ3v) is 4.04. The molecule has 0 fully saturated rings. The summed E-state index contributed by atoms with van der Waals surface area (Å²) in [5.41, 5.74) is 1.90. The fourth-order valence-electron chi connectivity index (χ4n) is 2.31. The predicted molar refractivity (Wildman–Crippen MR) is 94.6 cm³/mol. The molecule has 2 aromatic carbocycles. The van der Waals surface area contributed by atoms with E-state index in [1.807, 2.05) is 24.3 Å². The fourth-order valence-corrected chi connectivity index (χ4v) is 2.57. The standard InChI is InChI=1S/C17H11BrN4O2/c18-13-3-1-11(2-4-13)10-20-17-7-12(9-19)15-8-14(22(23)24)5-6-16(15)21-17/h1-8H,10H2,(H,20,21). The van der Waals surface area contributed by atoms with E-state index in [2.05, 4.69) is 32.3 Å². The van der Waals surface area contributed by atoms with Crippen molar-refractivity contribution in [2.75, 3.05) is 5.32 Å².